The lowest BCUT2D eigenvalue weighted by molar-refractivity contribution is 0.265. The number of hydrogen-bond donors (Lipinski definition) is 0. The molecule has 0 saturated heterocycles. The van der Waals surface area contributed by atoms with Gasteiger partial charge < -0.3 is 8.85 Å². The molecule has 0 fully saturated rings. The third kappa shape index (κ3) is 2.68. The zero-order chi connectivity index (χ0) is 11.5. The summed E-state index contributed by atoms with van der Waals surface area (Å²) in [5.74, 6) is 0.567. The Morgan fingerprint density at radius 3 is 1.80 bits per heavy atom. The van der Waals surface area contributed by atoms with Crippen molar-refractivity contribution in [3.8, 4) is 0 Å². The molecule has 0 N–H and O–H groups in total. The van der Waals surface area contributed by atoms with E-state index in [4.69, 9.17) is 8.85 Å². The largest absolute Gasteiger partial charge is 0.394 e. The molecule has 0 aromatic heterocycles. The summed E-state index contributed by atoms with van der Waals surface area (Å²) >= 11 is 0. The van der Waals surface area contributed by atoms with Crippen molar-refractivity contribution < 1.29 is 8.85 Å². The van der Waals surface area contributed by atoms with Gasteiger partial charge in [0.15, 0.2) is 0 Å². The van der Waals surface area contributed by atoms with E-state index in [-0.39, 0.29) is 0 Å². The van der Waals surface area contributed by atoms with Crippen LogP contribution in [0.1, 0.15) is 25.3 Å². The van der Waals surface area contributed by atoms with Crippen LogP contribution in [-0.4, -0.2) is 22.8 Å². The molecule has 0 aliphatic heterocycles. The van der Waals surface area contributed by atoms with Crippen molar-refractivity contribution in [2.75, 3.05) is 14.2 Å². The van der Waals surface area contributed by atoms with Gasteiger partial charge in [-0.1, -0.05) is 38.1 Å². The third-order valence-corrected chi connectivity index (χ3v) is 5.82. The van der Waals surface area contributed by atoms with E-state index in [1.807, 2.05) is 0 Å². The maximum Gasteiger partial charge on any atom is 0.368 e. The summed E-state index contributed by atoms with van der Waals surface area (Å²) in [6, 6.07) is 8.55. The second-order valence-corrected chi connectivity index (χ2v) is 7.42. The monoisotopic (exact) mass is 224 g/mol. The fourth-order valence-electron chi connectivity index (χ4n) is 1.49. The number of benzene rings is 1. The third-order valence-electron chi connectivity index (χ3n) is 2.88. The quantitative estimate of drug-likeness (QED) is 0.731. The standard InChI is InChI=1S/C12H20O2Si/c1-10(2)11-6-8-12(9-7-11)15(5,13-3)14-4/h6-10H,1-5H3. The number of rotatable bonds is 4. The molecule has 0 aliphatic rings. The van der Waals surface area contributed by atoms with Gasteiger partial charge in [-0.2, -0.15) is 0 Å². The van der Waals surface area contributed by atoms with Crippen LogP contribution in [0.15, 0.2) is 24.3 Å². The van der Waals surface area contributed by atoms with Gasteiger partial charge in [-0.25, -0.2) is 0 Å². The van der Waals surface area contributed by atoms with Crippen molar-refractivity contribution in [1.29, 1.82) is 0 Å². The van der Waals surface area contributed by atoms with Crippen molar-refractivity contribution >= 4 is 13.7 Å². The lowest BCUT2D eigenvalue weighted by Crippen LogP contribution is -2.49. The van der Waals surface area contributed by atoms with E-state index in [0.717, 1.165) is 0 Å². The first-order valence-corrected chi connectivity index (χ1v) is 7.56. The average molecular weight is 224 g/mol. The molecule has 1 rings (SSSR count). The molecular weight excluding hydrogens is 204 g/mol. The molecule has 84 valence electrons. The first-order chi connectivity index (χ1) is 7.03. The first kappa shape index (κ1) is 12.4. The topological polar surface area (TPSA) is 18.5 Å². The minimum Gasteiger partial charge on any atom is -0.394 e. The van der Waals surface area contributed by atoms with Gasteiger partial charge in [0, 0.05) is 14.2 Å². The highest BCUT2D eigenvalue weighted by Gasteiger charge is 2.31. The molecule has 0 atom stereocenters. The molecule has 1 aromatic carbocycles. The predicted octanol–water partition coefficient (Wildman–Crippen LogP) is 2.38. The number of hydrogen-bond acceptors (Lipinski definition) is 2. The van der Waals surface area contributed by atoms with Crippen LogP contribution in [0.3, 0.4) is 0 Å². The van der Waals surface area contributed by atoms with Gasteiger partial charge >= 0.3 is 8.56 Å². The predicted molar refractivity (Wildman–Crippen MR) is 65.8 cm³/mol. The molecule has 0 spiro atoms. The Morgan fingerprint density at radius 2 is 1.47 bits per heavy atom. The Labute approximate surface area is 93.5 Å². The zero-order valence-corrected chi connectivity index (χ0v) is 11.2. The van der Waals surface area contributed by atoms with E-state index < -0.39 is 8.56 Å². The molecule has 0 radical (unpaired) electrons. The van der Waals surface area contributed by atoms with Crippen molar-refractivity contribution in [2.24, 2.45) is 0 Å². The van der Waals surface area contributed by atoms with Crippen LogP contribution in [-0.2, 0) is 8.85 Å². The fraction of sp³-hybridized carbons (Fsp3) is 0.500. The van der Waals surface area contributed by atoms with Crippen LogP contribution >= 0.6 is 0 Å². The fourth-order valence-corrected chi connectivity index (χ4v) is 2.90. The minimum atomic E-state index is -2.13. The van der Waals surface area contributed by atoms with Crippen LogP contribution < -0.4 is 5.19 Å². The molecule has 3 heteroatoms. The Hall–Kier alpha value is -0.643. The summed E-state index contributed by atoms with van der Waals surface area (Å²) in [6.45, 7) is 6.44. The zero-order valence-electron chi connectivity index (χ0n) is 10.2. The highest BCUT2D eigenvalue weighted by atomic mass is 28.4. The van der Waals surface area contributed by atoms with Crippen LogP contribution in [0.25, 0.3) is 0 Å². The summed E-state index contributed by atoms with van der Waals surface area (Å²) in [5, 5.41) is 1.18. The summed E-state index contributed by atoms with van der Waals surface area (Å²) in [4.78, 5) is 0. The van der Waals surface area contributed by atoms with Crippen molar-refractivity contribution in [3.63, 3.8) is 0 Å². The Kier molecular flexibility index (Phi) is 4.08. The summed E-state index contributed by atoms with van der Waals surface area (Å²) in [6.07, 6.45) is 0. The van der Waals surface area contributed by atoms with E-state index in [1.54, 1.807) is 14.2 Å². The Bertz CT molecular complexity index is 302. The lowest BCUT2D eigenvalue weighted by Gasteiger charge is -2.23. The lowest BCUT2D eigenvalue weighted by atomic mass is 10.0. The van der Waals surface area contributed by atoms with E-state index in [2.05, 4.69) is 44.7 Å². The van der Waals surface area contributed by atoms with Crippen molar-refractivity contribution in [3.05, 3.63) is 29.8 Å². The molecule has 0 heterocycles. The van der Waals surface area contributed by atoms with Gasteiger partial charge in [0.1, 0.15) is 0 Å². The SMILES string of the molecule is CO[Si](C)(OC)c1ccc(C(C)C)cc1. The van der Waals surface area contributed by atoms with Gasteiger partial charge in [0.25, 0.3) is 0 Å². The highest BCUT2D eigenvalue weighted by Crippen LogP contribution is 2.14. The van der Waals surface area contributed by atoms with Gasteiger partial charge in [0.2, 0.25) is 0 Å². The van der Waals surface area contributed by atoms with Gasteiger partial charge in [-0.05, 0) is 23.2 Å². The van der Waals surface area contributed by atoms with E-state index in [9.17, 15) is 0 Å². The van der Waals surface area contributed by atoms with Gasteiger partial charge in [0.05, 0.1) is 0 Å². The maximum atomic E-state index is 5.49. The molecule has 0 amide bonds. The molecule has 0 bridgehead atoms. The molecule has 2 nitrogen and oxygen atoms in total. The van der Waals surface area contributed by atoms with Gasteiger partial charge in [-0.3, -0.25) is 0 Å². The van der Waals surface area contributed by atoms with Crippen molar-refractivity contribution in [2.45, 2.75) is 26.3 Å². The molecule has 0 unspecified atom stereocenters. The summed E-state index contributed by atoms with van der Waals surface area (Å²) in [5.41, 5.74) is 1.35. The first-order valence-electron chi connectivity index (χ1n) is 5.24. The van der Waals surface area contributed by atoms with Crippen LogP contribution in [0.4, 0.5) is 0 Å². The van der Waals surface area contributed by atoms with Gasteiger partial charge in [-0.15, -0.1) is 0 Å². The molecule has 1 aromatic rings. The second kappa shape index (κ2) is 4.92. The Balaban J connectivity index is 2.97. The second-order valence-electron chi connectivity index (χ2n) is 4.13. The molecule has 0 aliphatic carbocycles. The van der Waals surface area contributed by atoms with E-state index >= 15 is 0 Å². The smallest absolute Gasteiger partial charge is 0.368 e. The highest BCUT2D eigenvalue weighted by molar-refractivity contribution is 6.79. The molecule has 15 heavy (non-hydrogen) atoms. The summed E-state index contributed by atoms with van der Waals surface area (Å²) in [7, 11) is 1.30. The van der Waals surface area contributed by atoms with E-state index in [1.165, 1.54) is 10.8 Å². The minimum absolute atomic E-state index is 0.567. The van der Waals surface area contributed by atoms with Crippen molar-refractivity contribution in [1.82, 2.24) is 0 Å². The summed E-state index contributed by atoms with van der Waals surface area (Å²) < 4.78 is 11.0. The van der Waals surface area contributed by atoms with Crippen LogP contribution in [0.5, 0.6) is 0 Å². The van der Waals surface area contributed by atoms with Crippen LogP contribution in [0.2, 0.25) is 6.55 Å². The normalized spacial score (nSPS) is 12.1. The maximum absolute atomic E-state index is 5.49. The molecule has 0 saturated carbocycles. The average Bonchev–Trinajstić information content (AvgIpc) is 2.28. The van der Waals surface area contributed by atoms with Crippen LogP contribution in [0, 0.1) is 0 Å². The molecular formula is C12H20O2Si. The Morgan fingerprint density at radius 1 is 1.00 bits per heavy atom. The van der Waals surface area contributed by atoms with E-state index in [0.29, 0.717) is 5.92 Å².